The van der Waals surface area contributed by atoms with E-state index >= 15 is 0 Å². The molecule has 3 rings (SSSR count). The average Bonchev–Trinajstić information content (AvgIpc) is 3.23. The molecule has 9 heteroatoms. The second-order valence-corrected chi connectivity index (χ2v) is 10.5. The van der Waals surface area contributed by atoms with E-state index in [1.807, 2.05) is 0 Å². The second-order valence-electron chi connectivity index (χ2n) is 6.52. The van der Waals surface area contributed by atoms with Gasteiger partial charge in [-0.05, 0) is 54.2 Å². The minimum Gasteiger partial charge on any atom is -0.405 e. The third-order valence-corrected chi connectivity index (χ3v) is 6.22. The third kappa shape index (κ3) is 3.95. The van der Waals surface area contributed by atoms with Crippen LogP contribution in [-0.2, 0) is 11.6 Å². The molecule has 0 spiro atoms. The van der Waals surface area contributed by atoms with Gasteiger partial charge in [0.15, 0.2) is 0 Å². The minimum absolute atomic E-state index is 0.213. The van der Waals surface area contributed by atoms with Crippen molar-refractivity contribution in [3.8, 4) is 17.1 Å². The van der Waals surface area contributed by atoms with Crippen LogP contribution in [0.25, 0.3) is 11.4 Å². The maximum absolute atomic E-state index is 12.9. The molecular weight excluding hydrogens is 420 g/mol. The van der Waals surface area contributed by atoms with Gasteiger partial charge in [-0.15, -0.1) is 13.2 Å². The molecule has 1 saturated carbocycles. The lowest BCUT2D eigenvalue weighted by Crippen LogP contribution is -2.19. The van der Waals surface area contributed by atoms with Crippen LogP contribution in [0, 0.1) is 0 Å². The highest BCUT2D eigenvalue weighted by molar-refractivity contribution is 9.10. The van der Waals surface area contributed by atoms with Crippen LogP contribution in [0.4, 0.5) is 13.2 Å². The molecule has 1 aliphatic carbocycles. The molecule has 0 amide bonds. The van der Waals surface area contributed by atoms with Gasteiger partial charge in [-0.25, -0.2) is 4.98 Å². The number of rotatable bonds is 4. The van der Waals surface area contributed by atoms with E-state index in [1.165, 1.54) is 25.5 Å². The van der Waals surface area contributed by atoms with Crippen molar-refractivity contribution in [2.75, 3.05) is 13.3 Å². The fourth-order valence-electron chi connectivity index (χ4n) is 2.76. The largest absolute Gasteiger partial charge is 0.573 e. The summed E-state index contributed by atoms with van der Waals surface area (Å²) in [7, 11) is -0.953. The summed E-state index contributed by atoms with van der Waals surface area (Å²) in [6.45, 7) is 3.00. The van der Waals surface area contributed by atoms with Crippen LogP contribution in [0.15, 0.2) is 22.8 Å². The Labute approximate surface area is 151 Å². The fraction of sp³-hybridized carbons (Fsp3) is 0.438. The average molecular weight is 437 g/mol. The quantitative estimate of drug-likeness (QED) is 0.641. The number of hydrogen-bond acceptors (Lipinski definition) is 3. The van der Waals surface area contributed by atoms with E-state index in [1.54, 1.807) is 17.7 Å². The number of nitrogens with zero attached hydrogens (tertiary/aromatic N) is 2. The Morgan fingerprint density at radius 2 is 1.96 bits per heavy atom. The first-order chi connectivity index (χ1) is 11.5. The normalized spacial score (nSPS) is 15.5. The molecule has 1 aliphatic rings. The zero-order valence-corrected chi connectivity index (χ0v) is 16.4. The molecule has 1 fully saturated rings. The summed E-state index contributed by atoms with van der Waals surface area (Å²) in [6.07, 6.45) is -2.77. The number of ether oxygens (including phenoxy) is 1. The first-order valence-electron chi connectivity index (χ1n) is 7.65. The summed E-state index contributed by atoms with van der Waals surface area (Å²) in [5.41, 5.74) is 1.18. The lowest BCUT2D eigenvalue weighted by atomic mass is 10.2. The summed E-state index contributed by atoms with van der Waals surface area (Å²) in [5, 5.41) is 0.325. The van der Waals surface area contributed by atoms with Crippen molar-refractivity contribution in [2.45, 2.75) is 25.1 Å². The molecular formula is C16H17BrF3N2O2P. The van der Waals surface area contributed by atoms with Gasteiger partial charge in [0.05, 0.1) is 11.3 Å². The maximum atomic E-state index is 12.9. The number of alkyl halides is 3. The highest BCUT2D eigenvalue weighted by Crippen LogP contribution is 2.46. The second kappa shape index (κ2) is 6.16. The van der Waals surface area contributed by atoms with Crippen LogP contribution < -0.4 is 10.0 Å². The van der Waals surface area contributed by atoms with E-state index in [4.69, 9.17) is 0 Å². The van der Waals surface area contributed by atoms with Gasteiger partial charge in [0.1, 0.15) is 23.3 Å². The third-order valence-electron chi connectivity index (χ3n) is 4.11. The topological polar surface area (TPSA) is 44.1 Å². The number of halogens is 4. The molecule has 0 radical (unpaired) electrons. The first kappa shape index (κ1) is 18.5. The number of aromatic nitrogens is 2. The van der Waals surface area contributed by atoms with Crippen LogP contribution in [0.3, 0.4) is 0 Å². The molecule has 0 unspecified atom stereocenters. The van der Waals surface area contributed by atoms with Crippen molar-refractivity contribution in [1.82, 2.24) is 9.55 Å². The molecule has 2 aromatic rings. The number of benzene rings is 1. The van der Waals surface area contributed by atoms with Crippen molar-refractivity contribution in [3.05, 3.63) is 28.5 Å². The van der Waals surface area contributed by atoms with Crippen molar-refractivity contribution >= 4 is 28.4 Å². The molecule has 0 bridgehead atoms. The van der Waals surface area contributed by atoms with Crippen LogP contribution in [0.2, 0.25) is 0 Å². The summed E-state index contributed by atoms with van der Waals surface area (Å²) < 4.78 is 57.5. The summed E-state index contributed by atoms with van der Waals surface area (Å²) in [6, 6.07) is 4.25. The zero-order valence-electron chi connectivity index (χ0n) is 13.9. The SMILES string of the molecule is Cn1c(-c2ccc(P(C)(C)=O)cc2OC(F)(F)F)nc(Br)c1C1CC1. The van der Waals surface area contributed by atoms with Gasteiger partial charge in [-0.3, -0.25) is 0 Å². The van der Waals surface area contributed by atoms with Crippen molar-refractivity contribution in [1.29, 1.82) is 0 Å². The van der Waals surface area contributed by atoms with E-state index in [0.717, 1.165) is 18.5 Å². The predicted molar refractivity (Wildman–Crippen MR) is 94.1 cm³/mol. The summed E-state index contributed by atoms with van der Waals surface area (Å²) in [4.78, 5) is 4.39. The Bertz CT molecular complexity index is 869. The van der Waals surface area contributed by atoms with Gasteiger partial charge >= 0.3 is 6.36 Å². The van der Waals surface area contributed by atoms with E-state index < -0.39 is 19.3 Å². The van der Waals surface area contributed by atoms with Crippen LogP contribution >= 0.6 is 23.1 Å². The van der Waals surface area contributed by atoms with Gasteiger partial charge < -0.3 is 13.9 Å². The highest BCUT2D eigenvalue weighted by Gasteiger charge is 2.35. The Balaban J connectivity index is 2.15. The van der Waals surface area contributed by atoms with Crippen molar-refractivity contribution < 1.29 is 22.5 Å². The van der Waals surface area contributed by atoms with E-state index in [2.05, 4.69) is 25.7 Å². The minimum atomic E-state index is -4.85. The molecule has 136 valence electrons. The number of imidazole rings is 1. The predicted octanol–water partition coefficient (Wildman–Crippen LogP) is 4.87. The molecule has 25 heavy (non-hydrogen) atoms. The molecule has 1 heterocycles. The van der Waals surface area contributed by atoms with Gasteiger partial charge in [-0.1, -0.05) is 6.07 Å². The summed E-state index contributed by atoms with van der Waals surface area (Å²) in [5.74, 6) is 0.358. The van der Waals surface area contributed by atoms with Crippen LogP contribution in [0.5, 0.6) is 5.75 Å². The fourth-order valence-corrected chi connectivity index (χ4v) is 4.38. The van der Waals surface area contributed by atoms with Gasteiger partial charge in [-0.2, -0.15) is 0 Å². The Morgan fingerprint density at radius 1 is 1.32 bits per heavy atom. The van der Waals surface area contributed by atoms with Crippen LogP contribution in [-0.4, -0.2) is 29.2 Å². The molecule has 0 aliphatic heterocycles. The van der Waals surface area contributed by atoms with E-state index in [9.17, 15) is 17.7 Å². The Morgan fingerprint density at radius 3 is 2.48 bits per heavy atom. The zero-order chi connectivity index (χ0) is 18.6. The van der Waals surface area contributed by atoms with Crippen molar-refractivity contribution in [2.24, 2.45) is 7.05 Å². The van der Waals surface area contributed by atoms with Crippen LogP contribution in [0.1, 0.15) is 24.5 Å². The van der Waals surface area contributed by atoms with Gasteiger partial charge in [0, 0.05) is 18.3 Å². The lowest BCUT2D eigenvalue weighted by Gasteiger charge is -2.16. The van der Waals surface area contributed by atoms with Crippen molar-refractivity contribution in [3.63, 3.8) is 0 Å². The maximum Gasteiger partial charge on any atom is 0.573 e. The highest BCUT2D eigenvalue weighted by atomic mass is 79.9. The smallest absolute Gasteiger partial charge is 0.405 e. The van der Waals surface area contributed by atoms with Gasteiger partial charge in [0.2, 0.25) is 0 Å². The summed E-state index contributed by atoms with van der Waals surface area (Å²) >= 11 is 3.40. The van der Waals surface area contributed by atoms with E-state index in [-0.39, 0.29) is 5.56 Å². The molecule has 4 nitrogen and oxygen atoms in total. The Hall–Kier alpha value is -1.27. The standard InChI is InChI=1S/C16H17BrF3N2O2P/c1-22-13(9-4-5-9)14(17)21-15(22)11-7-6-10(25(2,3)23)8-12(11)24-16(18,19)20/h6-9H,4-5H2,1-3H3. The molecule has 0 atom stereocenters. The molecule has 1 aromatic carbocycles. The van der Waals surface area contributed by atoms with Gasteiger partial charge in [0.25, 0.3) is 0 Å². The number of hydrogen-bond donors (Lipinski definition) is 0. The first-order valence-corrected chi connectivity index (χ1v) is 11.0. The van der Waals surface area contributed by atoms with E-state index in [0.29, 0.717) is 21.7 Å². The molecule has 0 saturated heterocycles. The monoisotopic (exact) mass is 436 g/mol. The Kier molecular flexibility index (Phi) is 4.57. The molecule has 1 aromatic heterocycles. The lowest BCUT2D eigenvalue weighted by molar-refractivity contribution is -0.274. The molecule has 0 N–H and O–H groups in total.